The Bertz CT molecular complexity index is 3410. The Morgan fingerprint density at radius 3 is 1.42 bits per heavy atom. The first-order valence-corrected chi connectivity index (χ1v) is 18.9. The molecule has 0 fully saturated rings. The molecule has 10 aromatic carbocycles. The molecule has 1 heteroatoms. The smallest absolute Gasteiger partial charge is 0.0645 e. The molecule has 0 saturated carbocycles. The van der Waals surface area contributed by atoms with Gasteiger partial charge in [0.05, 0.1) is 11.0 Å². The van der Waals surface area contributed by atoms with Crippen LogP contribution < -0.4 is 4.90 Å². The topological polar surface area (TPSA) is 3.24 Å². The summed E-state index contributed by atoms with van der Waals surface area (Å²) in [5.74, 6) is 0. The van der Waals surface area contributed by atoms with E-state index in [1.807, 2.05) is 182 Å². The van der Waals surface area contributed by atoms with E-state index in [-0.39, 0.29) is 46.7 Å². The van der Waals surface area contributed by atoms with E-state index in [1.165, 1.54) is 4.90 Å². The van der Waals surface area contributed by atoms with Crippen molar-refractivity contribution in [1.29, 1.82) is 0 Å². The summed E-state index contributed by atoms with van der Waals surface area (Å²) in [5.41, 5.74) is 6.50. The van der Waals surface area contributed by atoms with Crippen molar-refractivity contribution in [3.63, 3.8) is 0 Å². The number of fused-ring (bicyclic) bond motifs is 2. The van der Waals surface area contributed by atoms with Gasteiger partial charge in [0.25, 0.3) is 0 Å². The predicted octanol–water partition coefficient (Wildman–Crippen LogP) is 15.8. The molecule has 0 aromatic heterocycles. The summed E-state index contributed by atoms with van der Waals surface area (Å²) in [5, 5.41) is 3.33. The van der Waals surface area contributed by atoms with Gasteiger partial charge in [-0.05, 0) is 120 Å². The second-order valence-corrected chi connectivity index (χ2v) is 13.9. The van der Waals surface area contributed by atoms with Crippen LogP contribution in [0.15, 0.2) is 236 Å². The fourth-order valence-corrected chi connectivity index (χ4v) is 7.62. The summed E-state index contributed by atoms with van der Waals surface area (Å²) in [4.78, 5) is 1.37. The highest BCUT2D eigenvalue weighted by Crippen LogP contribution is 2.42. The van der Waals surface area contributed by atoms with Crippen LogP contribution in [0.2, 0.25) is 0 Å². The molecule has 10 aromatic rings. The average Bonchev–Trinajstić information content (AvgIpc) is 3.35. The molecule has 0 N–H and O–H groups in total. The van der Waals surface area contributed by atoms with Gasteiger partial charge in [0.15, 0.2) is 0 Å². The lowest BCUT2D eigenvalue weighted by Gasteiger charge is -2.26. The van der Waals surface area contributed by atoms with Crippen molar-refractivity contribution in [1.82, 2.24) is 0 Å². The molecule has 0 aliphatic rings. The summed E-state index contributed by atoms with van der Waals surface area (Å²) in [6.07, 6.45) is 0. The zero-order chi connectivity index (χ0) is 44.9. The van der Waals surface area contributed by atoms with Crippen molar-refractivity contribution in [2.45, 2.75) is 0 Å². The van der Waals surface area contributed by atoms with Gasteiger partial charge in [0.2, 0.25) is 0 Å². The molecule has 0 unspecified atom stereocenters. The van der Waals surface area contributed by atoms with Gasteiger partial charge in [0.1, 0.15) is 0 Å². The summed E-state index contributed by atoms with van der Waals surface area (Å²) in [7, 11) is 0. The largest absolute Gasteiger partial charge is 0.310 e. The molecule has 0 amide bonds. The minimum Gasteiger partial charge on any atom is -0.310 e. The van der Waals surface area contributed by atoms with Crippen LogP contribution in [-0.2, 0) is 0 Å². The third-order valence-corrected chi connectivity index (χ3v) is 10.4. The van der Waals surface area contributed by atoms with Gasteiger partial charge < -0.3 is 4.90 Å². The molecule has 0 aliphatic heterocycles. The van der Waals surface area contributed by atoms with E-state index in [0.717, 1.165) is 54.9 Å². The standard InChI is InChI=1S/C56H39N/c1-4-15-42(16-5-1)52-36-30-48(39-55(52)44-19-8-3-9-20-44)41-24-31-49(32-25-41)57(51-35-26-40-14-10-11-22-47(40)38-51)50-33-27-46(28-34-50)56-53-23-13-12-21-45(53)29-37-54(56)43-17-6-2-7-18-43/h1-39H/i24D,25D,27D,28D,31D,32D,33D,34D. The number of hydrogen-bond acceptors (Lipinski definition) is 1. The van der Waals surface area contributed by atoms with E-state index >= 15 is 0 Å². The van der Waals surface area contributed by atoms with Crippen molar-refractivity contribution >= 4 is 38.6 Å². The van der Waals surface area contributed by atoms with Crippen molar-refractivity contribution < 1.29 is 11.0 Å². The Kier molecular flexibility index (Phi) is 6.92. The molecule has 0 radical (unpaired) electrons. The molecule has 1 nitrogen and oxygen atoms in total. The molecule has 57 heavy (non-hydrogen) atoms. The Balaban J connectivity index is 1.22. The van der Waals surface area contributed by atoms with Crippen molar-refractivity contribution in [2.75, 3.05) is 4.90 Å². The van der Waals surface area contributed by atoms with E-state index in [0.29, 0.717) is 16.8 Å². The number of benzene rings is 10. The number of hydrogen-bond donors (Lipinski definition) is 0. The van der Waals surface area contributed by atoms with E-state index in [2.05, 4.69) is 0 Å². The summed E-state index contributed by atoms with van der Waals surface area (Å²) >= 11 is 0. The maximum atomic E-state index is 9.77. The second-order valence-electron chi connectivity index (χ2n) is 13.9. The number of nitrogens with zero attached hydrogens (tertiary/aromatic N) is 1. The Hall–Kier alpha value is -7.48. The normalized spacial score (nSPS) is 13.1. The zero-order valence-electron chi connectivity index (χ0n) is 38.8. The maximum Gasteiger partial charge on any atom is 0.0645 e. The van der Waals surface area contributed by atoms with Crippen molar-refractivity contribution in [2.24, 2.45) is 0 Å². The Labute approximate surface area is 345 Å². The lowest BCUT2D eigenvalue weighted by molar-refractivity contribution is 1.29. The van der Waals surface area contributed by atoms with Crippen LogP contribution in [-0.4, -0.2) is 0 Å². The average molecular weight is 734 g/mol. The zero-order valence-corrected chi connectivity index (χ0v) is 30.8. The van der Waals surface area contributed by atoms with Crippen LogP contribution in [0.1, 0.15) is 11.0 Å². The maximum absolute atomic E-state index is 9.77. The van der Waals surface area contributed by atoms with Crippen LogP contribution in [0.25, 0.3) is 77.2 Å². The lowest BCUT2D eigenvalue weighted by Crippen LogP contribution is -2.09. The fraction of sp³-hybridized carbons (Fsp3) is 0. The molecular formula is C56H39N. The highest BCUT2D eigenvalue weighted by Gasteiger charge is 2.17. The SMILES string of the molecule is [2H]c1c([2H])c(N(c2ccc3ccccc3c2)c2c([2H])c([2H])c(-c3c(-c4ccccc4)ccc4ccccc34)c([2H])c2[2H])c([2H])c([2H])c1-c1ccc(-c2ccccc2)c(-c2ccccc2)c1. The lowest BCUT2D eigenvalue weighted by atomic mass is 9.89. The first-order valence-electron chi connectivity index (χ1n) is 22.9. The molecule has 268 valence electrons. The van der Waals surface area contributed by atoms with Gasteiger partial charge in [-0.3, -0.25) is 0 Å². The third kappa shape index (κ3) is 6.66. The highest BCUT2D eigenvalue weighted by molar-refractivity contribution is 6.04. The van der Waals surface area contributed by atoms with E-state index in [4.69, 9.17) is 0 Å². The molecular weight excluding hydrogens is 687 g/mol. The molecule has 0 saturated heterocycles. The van der Waals surface area contributed by atoms with Gasteiger partial charge >= 0.3 is 0 Å². The van der Waals surface area contributed by atoms with Crippen LogP contribution in [0.5, 0.6) is 0 Å². The second kappa shape index (κ2) is 15.0. The van der Waals surface area contributed by atoms with E-state index in [1.54, 1.807) is 6.07 Å². The van der Waals surface area contributed by atoms with E-state index < -0.39 is 24.2 Å². The first kappa shape index (κ1) is 26.3. The van der Waals surface area contributed by atoms with E-state index in [9.17, 15) is 11.0 Å². The highest BCUT2D eigenvalue weighted by atomic mass is 15.1. The van der Waals surface area contributed by atoms with Crippen LogP contribution in [0.4, 0.5) is 17.1 Å². The van der Waals surface area contributed by atoms with Gasteiger partial charge in [-0.1, -0.05) is 194 Å². The quantitative estimate of drug-likeness (QED) is 0.150. The molecule has 0 aliphatic carbocycles. The minimum absolute atomic E-state index is 0.0957. The molecule has 10 rings (SSSR count). The number of anilines is 3. The van der Waals surface area contributed by atoms with Crippen molar-refractivity contribution in [3.8, 4) is 55.6 Å². The molecule has 0 spiro atoms. The third-order valence-electron chi connectivity index (χ3n) is 10.4. The molecule has 0 heterocycles. The predicted molar refractivity (Wildman–Crippen MR) is 243 cm³/mol. The Morgan fingerprint density at radius 1 is 0.281 bits per heavy atom. The summed E-state index contributed by atoms with van der Waals surface area (Å²) in [6, 6.07) is 56.9. The van der Waals surface area contributed by atoms with Crippen LogP contribution in [0.3, 0.4) is 0 Å². The number of rotatable bonds is 8. The summed E-state index contributed by atoms with van der Waals surface area (Å²) < 4.78 is 77.6. The fourth-order valence-electron chi connectivity index (χ4n) is 7.62. The van der Waals surface area contributed by atoms with Crippen LogP contribution >= 0.6 is 0 Å². The first-order chi connectivity index (χ1) is 31.6. The Morgan fingerprint density at radius 2 is 0.772 bits per heavy atom. The minimum atomic E-state index is -0.399. The van der Waals surface area contributed by atoms with Gasteiger partial charge in [-0.2, -0.15) is 0 Å². The van der Waals surface area contributed by atoms with Crippen molar-refractivity contribution in [3.05, 3.63) is 236 Å². The monoisotopic (exact) mass is 733 g/mol. The van der Waals surface area contributed by atoms with Gasteiger partial charge in [0, 0.05) is 17.1 Å². The van der Waals surface area contributed by atoms with Crippen LogP contribution in [0, 0.1) is 0 Å². The summed E-state index contributed by atoms with van der Waals surface area (Å²) in [6.45, 7) is 0. The van der Waals surface area contributed by atoms with Gasteiger partial charge in [-0.15, -0.1) is 0 Å². The molecule has 0 atom stereocenters. The van der Waals surface area contributed by atoms with Gasteiger partial charge in [-0.25, -0.2) is 0 Å². The molecule has 0 bridgehead atoms.